The molecule has 100 valence electrons. The molecule has 7 heteroatoms. The van der Waals surface area contributed by atoms with Crippen LogP contribution in [0.15, 0.2) is 0 Å². The number of carbonyl (C=O) groups excluding carboxylic acids is 1. The summed E-state index contributed by atoms with van der Waals surface area (Å²) in [5.41, 5.74) is 0. The quantitative estimate of drug-likeness (QED) is 0.612. The number of hydrogen-bond donors (Lipinski definition) is 3. The highest BCUT2D eigenvalue weighted by atomic mass is 32.2. The van der Waals surface area contributed by atoms with Gasteiger partial charge < -0.3 is 20.4 Å². The summed E-state index contributed by atoms with van der Waals surface area (Å²) in [5.74, 6) is -0.313. The van der Waals surface area contributed by atoms with E-state index in [4.69, 9.17) is 10.2 Å². The number of thioether (sulfide) groups is 1. The highest BCUT2D eigenvalue weighted by Crippen LogP contribution is 2.06. The molecule has 2 amide bonds. The molecule has 0 rings (SSSR count). The maximum atomic E-state index is 11.7. The van der Waals surface area contributed by atoms with Gasteiger partial charge in [-0.2, -0.15) is 11.8 Å². The van der Waals surface area contributed by atoms with E-state index < -0.39 is 24.6 Å². The Morgan fingerprint density at radius 3 is 2.47 bits per heavy atom. The van der Waals surface area contributed by atoms with Crippen LogP contribution in [-0.4, -0.2) is 64.9 Å². The van der Waals surface area contributed by atoms with Gasteiger partial charge in [0.2, 0.25) is 0 Å². The molecule has 0 fully saturated rings. The minimum Gasteiger partial charge on any atom is -0.480 e. The van der Waals surface area contributed by atoms with Gasteiger partial charge in [-0.1, -0.05) is 0 Å². The van der Waals surface area contributed by atoms with Crippen LogP contribution in [0.2, 0.25) is 0 Å². The number of amides is 2. The number of aliphatic carboxylic acids is 1. The highest BCUT2D eigenvalue weighted by molar-refractivity contribution is 7.98. The van der Waals surface area contributed by atoms with Crippen LogP contribution >= 0.6 is 11.8 Å². The van der Waals surface area contributed by atoms with Gasteiger partial charge in [0.25, 0.3) is 0 Å². The molecule has 0 aromatic carbocycles. The average molecular weight is 264 g/mol. The van der Waals surface area contributed by atoms with E-state index in [0.29, 0.717) is 0 Å². The van der Waals surface area contributed by atoms with Crippen LogP contribution < -0.4 is 5.32 Å². The second kappa shape index (κ2) is 8.19. The lowest BCUT2D eigenvalue weighted by molar-refractivity contribution is -0.140. The molecule has 0 heterocycles. The number of nitrogens with zero attached hydrogens (tertiary/aromatic N) is 1. The fourth-order valence-corrected chi connectivity index (χ4v) is 1.70. The van der Waals surface area contributed by atoms with Crippen LogP contribution in [0.1, 0.15) is 13.3 Å². The third kappa shape index (κ3) is 5.78. The normalized spacial score (nSPS) is 13.9. The summed E-state index contributed by atoms with van der Waals surface area (Å²) in [6.07, 6.45) is 2.82. The summed E-state index contributed by atoms with van der Waals surface area (Å²) in [5, 5.41) is 19.7. The largest absolute Gasteiger partial charge is 0.480 e. The van der Waals surface area contributed by atoms with Gasteiger partial charge in [-0.05, 0) is 25.4 Å². The van der Waals surface area contributed by atoms with Gasteiger partial charge in [0.15, 0.2) is 6.04 Å². The molecule has 0 radical (unpaired) electrons. The van der Waals surface area contributed by atoms with E-state index in [9.17, 15) is 9.59 Å². The van der Waals surface area contributed by atoms with Crippen LogP contribution in [-0.2, 0) is 4.79 Å². The maximum Gasteiger partial charge on any atom is 0.328 e. The molecule has 0 saturated carbocycles. The molecule has 0 spiro atoms. The van der Waals surface area contributed by atoms with Crippen molar-refractivity contribution in [2.75, 3.05) is 25.7 Å². The second-order valence-electron chi connectivity index (χ2n) is 3.76. The number of urea groups is 1. The van der Waals surface area contributed by atoms with Crippen LogP contribution in [0.3, 0.4) is 0 Å². The fraction of sp³-hybridized carbons (Fsp3) is 0.800. The minimum absolute atomic E-state index is 0.0237. The van der Waals surface area contributed by atoms with E-state index in [0.717, 1.165) is 12.2 Å². The molecule has 0 aliphatic heterocycles. The Kier molecular flexibility index (Phi) is 7.73. The Hall–Kier alpha value is -0.950. The molecule has 0 aromatic heterocycles. The summed E-state index contributed by atoms with van der Waals surface area (Å²) >= 11 is 1.69. The SMILES string of the molecule is CSCCC(C)N(C)C(=O)NC(CO)C(=O)O. The van der Waals surface area contributed by atoms with E-state index in [-0.39, 0.29) is 6.04 Å². The zero-order chi connectivity index (χ0) is 13.4. The number of carboxylic acid groups (broad SMARTS) is 1. The van der Waals surface area contributed by atoms with E-state index in [1.54, 1.807) is 18.8 Å². The lowest BCUT2D eigenvalue weighted by atomic mass is 10.2. The monoisotopic (exact) mass is 264 g/mol. The number of aliphatic hydroxyl groups is 1. The molecule has 0 bridgehead atoms. The van der Waals surface area contributed by atoms with Crippen molar-refractivity contribution in [1.82, 2.24) is 10.2 Å². The van der Waals surface area contributed by atoms with E-state index in [2.05, 4.69) is 5.32 Å². The van der Waals surface area contributed by atoms with Gasteiger partial charge in [-0.25, -0.2) is 9.59 Å². The van der Waals surface area contributed by atoms with Crippen LogP contribution in [0.5, 0.6) is 0 Å². The van der Waals surface area contributed by atoms with Gasteiger partial charge in [0.05, 0.1) is 6.61 Å². The standard InChI is InChI=1S/C10H20N2O4S/c1-7(4-5-17-3)12(2)10(16)11-8(6-13)9(14)15/h7-8,13H,4-6H2,1-3H3,(H,11,16)(H,14,15). The summed E-state index contributed by atoms with van der Waals surface area (Å²) in [6.45, 7) is 1.28. The van der Waals surface area contributed by atoms with Gasteiger partial charge in [0.1, 0.15) is 0 Å². The van der Waals surface area contributed by atoms with Gasteiger partial charge >= 0.3 is 12.0 Å². The van der Waals surface area contributed by atoms with Crippen molar-refractivity contribution >= 4 is 23.8 Å². The third-order valence-corrected chi connectivity index (χ3v) is 3.14. The van der Waals surface area contributed by atoms with Crippen LogP contribution in [0, 0.1) is 0 Å². The minimum atomic E-state index is -1.25. The van der Waals surface area contributed by atoms with E-state index in [1.165, 1.54) is 4.90 Å². The number of aliphatic hydroxyl groups excluding tert-OH is 1. The van der Waals surface area contributed by atoms with Crippen molar-refractivity contribution in [3.05, 3.63) is 0 Å². The molecule has 0 aromatic rings. The Labute approximate surface area is 105 Å². The van der Waals surface area contributed by atoms with E-state index in [1.807, 2.05) is 13.2 Å². The maximum absolute atomic E-state index is 11.7. The Morgan fingerprint density at radius 1 is 1.47 bits per heavy atom. The fourth-order valence-electron chi connectivity index (χ4n) is 1.12. The first kappa shape index (κ1) is 16.1. The number of carboxylic acids is 1. The zero-order valence-corrected chi connectivity index (χ0v) is 11.2. The van der Waals surface area contributed by atoms with Gasteiger partial charge in [0, 0.05) is 13.1 Å². The summed E-state index contributed by atoms with van der Waals surface area (Å²) < 4.78 is 0. The molecule has 0 saturated heterocycles. The summed E-state index contributed by atoms with van der Waals surface area (Å²) in [4.78, 5) is 23.7. The Bertz CT molecular complexity index is 263. The van der Waals surface area contributed by atoms with E-state index >= 15 is 0 Å². The Morgan fingerprint density at radius 2 is 2.06 bits per heavy atom. The molecule has 2 atom stereocenters. The topological polar surface area (TPSA) is 89.9 Å². The smallest absolute Gasteiger partial charge is 0.328 e. The molecule has 0 aliphatic rings. The van der Waals surface area contributed by atoms with Crippen molar-refractivity contribution in [3.63, 3.8) is 0 Å². The predicted octanol–water partition coefficient (Wildman–Crippen LogP) is 0.215. The van der Waals surface area contributed by atoms with Crippen LogP contribution in [0.25, 0.3) is 0 Å². The Balaban J connectivity index is 4.24. The lowest BCUT2D eigenvalue weighted by Crippen LogP contribution is -2.50. The van der Waals surface area contributed by atoms with Crippen molar-refractivity contribution in [1.29, 1.82) is 0 Å². The van der Waals surface area contributed by atoms with Crippen LogP contribution in [0.4, 0.5) is 4.79 Å². The lowest BCUT2D eigenvalue weighted by Gasteiger charge is -2.26. The summed E-state index contributed by atoms with van der Waals surface area (Å²) in [7, 11) is 1.61. The molecule has 0 aliphatic carbocycles. The number of rotatable bonds is 7. The van der Waals surface area contributed by atoms with Crippen molar-refractivity contribution in [3.8, 4) is 0 Å². The first-order valence-electron chi connectivity index (χ1n) is 5.30. The molecular formula is C10H20N2O4S. The third-order valence-electron chi connectivity index (χ3n) is 2.50. The van der Waals surface area contributed by atoms with Crippen molar-refractivity contribution < 1.29 is 19.8 Å². The molecular weight excluding hydrogens is 244 g/mol. The first-order valence-corrected chi connectivity index (χ1v) is 6.69. The number of nitrogens with one attached hydrogen (secondary N) is 1. The average Bonchev–Trinajstić information content (AvgIpc) is 2.30. The van der Waals surface area contributed by atoms with Gasteiger partial charge in [-0.3, -0.25) is 0 Å². The predicted molar refractivity (Wildman–Crippen MR) is 67.3 cm³/mol. The van der Waals surface area contributed by atoms with Gasteiger partial charge in [-0.15, -0.1) is 0 Å². The first-order chi connectivity index (χ1) is 7.93. The summed E-state index contributed by atoms with van der Waals surface area (Å²) in [6, 6.07) is -1.71. The number of carbonyl (C=O) groups is 2. The molecule has 3 N–H and O–H groups in total. The number of hydrogen-bond acceptors (Lipinski definition) is 4. The second-order valence-corrected chi connectivity index (χ2v) is 4.75. The van der Waals surface area contributed by atoms with Crippen molar-refractivity contribution in [2.24, 2.45) is 0 Å². The van der Waals surface area contributed by atoms with Crippen molar-refractivity contribution in [2.45, 2.75) is 25.4 Å². The molecule has 17 heavy (non-hydrogen) atoms. The zero-order valence-electron chi connectivity index (χ0n) is 10.3. The molecule has 2 unspecified atom stereocenters. The molecule has 6 nitrogen and oxygen atoms in total. The highest BCUT2D eigenvalue weighted by Gasteiger charge is 2.22.